The van der Waals surface area contributed by atoms with Crippen LogP contribution in [0.2, 0.25) is 0 Å². The van der Waals surface area contributed by atoms with E-state index in [2.05, 4.69) is 53.4 Å². The zero-order valence-electron chi connectivity index (χ0n) is 7.48. The Bertz CT molecular complexity index is 459. The molecule has 0 spiro atoms. The van der Waals surface area contributed by atoms with Crippen LogP contribution in [-0.2, 0) is 5.75 Å². The maximum atomic E-state index is 4.24. The van der Waals surface area contributed by atoms with Crippen LogP contribution in [0.3, 0.4) is 0 Å². The predicted molar refractivity (Wildman–Crippen MR) is 71.3 cm³/mol. The highest BCUT2D eigenvalue weighted by Crippen LogP contribution is 2.25. The topological polar surface area (TPSA) is 25.8 Å². The van der Waals surface area contributed by atoms with Crippen LogP contribution in [0.1, 0.15) is 5.82 Å². The van der Waals surface area contributed by atoms with Crippen molar-refractivity contribution >= 4 is 55.2 Å². The molecule has 2 nitrogen and oxygen atoms in total. The molecule has 15 heavy (non-hydrogen) atoms. The van der Waals surface area contributed by atoms with E-state index in [-0.39, 0.29) is 0 Å². The largest absolute Gasteiger partial charge is 0.212 e. The number of hydrogen-bond donors (Lipinski definition) is 0. The van der Waals surface area contributed by atoms with E-state index < -0.39 is 0 Å². The standard InChI is InChI=1S/C9H6Br2N2S2/c10-6-2-1-3-7(4-6)14-5-8-12-9(11)15-13-8/h1-4H,5H2. The maximum Gasteiger partial charge on any atom is 0.179 e. The smallest absolute Gasteiger partial charge is 0.179 e. The summed E-state index contributed by atoms with van der Waals surface area (Å²) in [6.45, 7) is 0. The van der Waals surface area contributed by atoms with E-state index in [1.54, 1.807) is 11.8 Å². The van der Waals surface area contributed by atoms with Gasteiger partial charge in [-0.15, -0.1) is 11.8 Å². The van der Waals surface area contributed by atoms with Gasteiger partial charge in [-0.1, -0.05) is 22.0 Å². The van der Waals surface area contributed by atoms with Gasteiger partial charge >= 0.3 is 0 Å². The van der Waals surface area contributed by atoms with Crippen LogP contribution in [0.5, 0.6) is 0 Å². The highest BCUT2D eigenvalue weighted by molar-refractivity contribution is 9.11. The number of halogens is 2. The minimum absolute atomic E-state index is 0.804. The summed E-state index contributed by atoms with van der Waals surface area (Å²) in [6.07, 6.45) is 0. The van der Waals surface area contributed by atoms with E-state index in [0.717, 1.165) is 20.0 Å². The lowest BCUT2D eigenvalue weighted by atomic mass is 10.4. The summed E-state index contributed by atoms with van der Waals surface area (Å²) in [4.78, 5) is 5.46. The van der Waals surface area contributed by atoms with Gasteiger partial charge in [0.25, 0.3) is 0 Å². The van der Waals surface area contributed by atoms with Gasteiger partial charge in [0.15, 0.2) is 9.74 Å². The second-order valence-electron chi connectivity index (χ2n) is 2.71. The van der Waals surface area contributed by atoms with Gasteiger partial charge in [0, 0.05) is 9.37 Å². The fraction of sp³-hybridized carbons (Fsp3) is 0.111. The number of rotatable bonds is 3. The zero-order chi connectivity index (χ0) is 10.7. The summed E-state index contributed by atoms with van der Waals surface area (Å²) in [5, 5.41) is 0. The Hall–Kier alpha value is 0.0900. The SMILES string of the molecule is Brc1cccc(SCc2nsc(Br)n2)c1. The highest BCUT2D eigenvalue weighted by atomic mass is 79.9. The van der Waals surface area contributed by atoms with Gasteiger partial charge in [0.2, 0.25) is 0 Å². The average molecular weight is 366 g/mol. The van der Waals surface area contributed by atoms with Crippen LogP contribution in [0, 0.1) is 0 Å². The van der Waals surface area contributed by atoms with Crippen LogP contribution in [0.4, 0.5) is 0 Å². The van der Waals surface area contributed by atoms with Gasteiger partial charge in [-0.2, -0.15) is 4.37 Å². The molecule has 0 aliphatic rings. The number of nitrogens with zero attached hydrogens (tertiary/aromatic N) is 2. The first kappa shape index (κ1) is 11.6. The number of benzene rings is 1. The summed E-state index contributed by atoms with van der Waals surface area (Å²) < 4.78 is 6.14. The van der Waals surface area contributed by atoms with Crippen LogP contribution in [0.25, 0.3) is 0 Å². The van der Waals surface area contributed by atoms with Gasteiger partial charge in [0.1, 0.15) is 0 Å². The molecule has 1 heterocycles. The molecule has 1 aromatic carbocycles. The molecule has 2 aromatic rings. The third-order valence-electron chi connectivity index (χ3n) is 1.61. The summed E-state index contributed by atoms with van der Waals surface area (Å²) in [7, 11) is 0. The van der Waals surface area contributed by atoms with Crippen molar-refractivity contribution in [2.45, 2.75) is 10.6 Å². The molecule has 0 aliphatic heterocycles. The summed E-state index contributed by atoms with van der Waals surface area (Å²) in [5.74, 6) is 1.68. The Morgan fingerprint density at radius 2 is 2.20 bits per heavy atom. The monoisotopic (exact) mass is 364 g/mol. The Morgan fingerprint density at radius 1 is 1.33 bits per heavy atom. The summed E-state index contributed by atoms with van der Waals surface area (Å²) in [5.41, 5.74) is 0. The lowest BCUT2D eigenvalue weighted by molar-refractivity contribution is 1.12. The second-order valence-corrected chi connectivity index (χ2v) is 6.70. The normalized spacial score (nSPS) is 10.5. The van der Waals surface area contributed by atoms with Crippen LogP contribution in [-0.4, -0.2) is 9.36 Å². The number of hydrogen-bond acceptors (Lipinski definition) is 4. The van der Waals surface area contributed by atoms with Gasteiger partial charge in [-0.25, -0.2) is 4.98 Å². The van der Waals surface area contributed by atoms with Crippen molar-refractivity contribution in [1.82, 2.24) is 9.36 Å². The lowest BCUT2D eigenvalue weighted by Gasteiger charge is -1.98. The molecule has 0 atom stereocenters. The molecule has 0 unspecified atom stereocenters. The third kappa shape index (κ3) is 3.55. The summed E-state index contributed by atoms with van der Waals surface area (Å²) >= 11 is 9.85. The molecule has 0 N–H and O–H groups in total. The molecule has 0 radical (unpaired) electrons. The molecule has 6 heteroatoms. The van der Waals surface area contributed by atoms with Gasteiger partial charge in [-0.05, 0) is 45.7 Å². The molecular weight excluding hydrogens is 360 g/mol. The first-order chi connectivity index (χ1) is 7.24. The zero-order valence-corrected chi connectivity index (χ0v) is 12.3. The van der Waals surface area contributed by atoms with Crippen molar-refractivity contribution in [1.29, 1.82) is 0 Å². The van der Waals surface area contributed by atoms with E-state index in [4.69, 9.17) is 0 Å². The molecular formula is C9H6Br2N2S2. The predicted octanol–water partition coefficient (Wildman–Crippen LogP) is 4.36. The van der Waals surface area contributed by atoms with E-state index in [1.807, 2.05) is 12.1 Å². The quantitative estimate of drug-likeness (QED) is 0.756. The van der Waals surface area contributed by atoms with E-state index in [0.29, 0.717) is 0 Å². The molecule has 0 aliphatic carbocycles. The van der Waals surface area contributed by atoms with E-state index in [9.17, 15) is 0 Å². The van der Waals surface area contributed by atoms with E-state index in [1.165, 1.54) is 16.4 Å². The van der Waals surface area contributed by atoms with Crippen LogP contribution < -0.4 is 0 Å². The van der Waals surface area contributed by atoms with Crippen molar-refractivity contribution in [2.75, 3.05) is 0 Å². The van der Waals surface area contributed by atoms with Gasteiger partial charge in [0.05, 0.1) is 5.75 Å². The van der Waals surface area contributed by atoms with Gasteiger partial charge in [-0.3, -0.25) is 0 Å². The molecule has 0 fully saturated rings. The Balaban J connectivity index is 1.99. The van der Waals surface area contributed by atoms with E-state index >= 15 is 0 Å². The summed E-state index contributed by atoms with van der Waals surface area (Å²) in [6, 6.07) is 8.21. The fourth-order valence-corrected chi connectivity index (χ4v) is 3.29. The van der Waals surface area contributed by atoms with Crippen LogP contribution >= 0.6 is 55.2 Å². The molecule has 1 aromatic heterocycles. The molecule has 0 bridgehead atoms. The number of thioether (sulfide) groups is 1. The molecule has 2 rings (SSSR count). The maximum absolute atomic E-state index is 4.24. The van der Waals surface area contributed by atoms with Crippen molar-refractivity contribution in [2.24, 2.45) is 0 Å². The van der Waals surface area contributed by atoms with Gasteiger partial charge < -0.3 is 0 Å². The molecule has 0 saturated heterocycles. The minimum Gasteiger partial charge on any atom is -0.212 e. The highest BCUT2D eigenvalue weighted by Gasteiger charge is 2.02. The van der Waals surface area contributed by atoms with Crippen molar-refractivity contribution in [3.05, 3.63) is 38.5 Å². The van der Waals surface area contributed by atoms with Crippen LogP contribution in [0.15, 0.2) is 37.6 Å². The minimum atomic E-state index is 0.804. The first-order valence-corrected chi connectivity index (χ1v) is 7.45. The Labute approximate surface area is 113 Å². The lowest BCUT2D eigenvalue weighted by Crippen LogP contribution is -1.82. The van der Waals surface area contributed by atoms with Crippen molar-refractivity contribution < 1.29 is 0 Å². The fourth-order valence-electron chi connectivity index (χ4n) is 0.996. The average Bonchev–Trinajstić information content (AvgIpc) is 2.62. The van der Waals surface area contributed by atoms with Crippen molar-refractivity contribution in [3.63, 3.8) is 0 Å². The molecule has 78 valence electrons. The third-order valence-corrected chi connectivity index (χ3v) is 4.25. The first-order valence-electron chi connectivity index (χ1n) is 4.10. The van der Waals surface area contributed by atoms with Crippen molar-refractivity contribution in [3.8, 4) is 0 Å². The molecule has 0 amide bonds. The Kier molecular flexibility index (Phi) is 4.19. The second kappa shape index (κ2) is 5.43. The Morgan fingerprint density at radius 3 is 2.87 bits per heavy atom. The molecule has 0 saturated carbocycles. The number of aromatic nitrogens is 2.